The average Bonchev–Trinajstić information content (AvgIpc) is 2.78. The lowest BCUT2D eigenvalue weighted by Gasteiger charge is -2.07. The maximum atomic E-state index is 13.5. The van der Waals surface area contributed by atoms with E-state index in [0.29, 0.717) is 16.5 Å². The van der Waals surface area contributed by atoms with Crippen LogP contribution in [0, 0.1) is 24.4 Å². The van der Waals surface area contributed by atoms with Gasteiger partial charge in [0.25, 0.3) is 10.0 Å². The van der Waals surface area contributed by atoms with Gasteiger partial charge < -0.3 is 5.11 Å². The topological polar surface area (TPSA) is 66.4 Å². The number of sulfonamides is 1. The van der Waals surface area contributed by atoms with Crippen LogP contribution < -0.4 is 4.72 Å². The fraction of sp³-hybridized carbons (Fsp3) is 0.167. The number of aliphatic hydroxyl groups is 1. The van der Waals surface area contributed by atoms with Crippen molar-refractivity contribution in [1.29, 1.82) is 0 Å². The summed E-state index contributed by atoms with van der Waals surface area (Å²) < 4.78 is 65.1. The van der Waals surface area contributed by atoms with Crippen LogP contribution in [0.1, 0.15) is 10.4 Å². The van der Waals surface area contributed by atoms with Gasteiger partial charge >= 0.3 is 0 Å². The quantitative estimate of drug-likeness (QED) is 0.843. The van der Waals surface area contributed by atoms with E-state index in [1.807, 2.05) is 4.72 Å². The van der Waals surface area contributed by atoms with Crippen molar-refractivity contribution in [3.8, 4) is 0 Å². The number of hydrogen-bond acceptors (Lipinski definition) is 4. The monoisotopic (exact) mass is 337 g/mol. The summed E-state index contributed by atoms with van der Waals surface area (Å²) in [5.41, 5.74) is -0.126. The van der Waals surface area contributed by atoms with E-state index in [1.54, 1.807) is 6.92 Å². The number of hydrogen-bond donors (Lipinski definition) is 2. The first kappa shape index (κ1) is 15.8. The molecule has 0 saturated carbocycles. The van der Waals surface area contributed by atoms with Crippen molar-refractivity contribution in [2.45, 2.75) is 17.7 Å². The number of aliphatic hydroxyl groups excluding tert-OH is 1. The molecule has 0 aliphatic heterocycles. The molecule has 9 heteroatoms. The molecule has 2 aromatic rings. The highest BCUT2D eigenvalue weighted by atomic mass is 32.2. The normalized spacial score (nSPS) is 11.7. The fourth-order valence-corrected chi connectivity index (χ4v) is 4.08. The van der Waals surface area contributed by atoms with E-state index >= 15 is 0 Å². The molecule has 21 heavy (non-hydrogen) atoms. The Bertz CT molecular complexity index is 787. The molecule has 2 N–H and O–H groups in total. The van der Waals surface area contributed by atoms with Gasteiger partial charge in [0.2, 0.25) is 0 Å². The van der Waals surface area contributed by atoms with Gasteiger partial charge in [0.05, 0.1) is 12.3 Å². The lowest BCUT2D eigenvalue weighted by atomic mass is 10.3. The molecular formula is C12H10F3NO3S2. The number of benzene rings is 1. The summed E-state index contributed by atoms with van der Waals surface area (Å²) in [7, 11) is -4.15. The molecule has 0 radical (unpaired) electrons. The summed E-state index contributed by atoms with van der Waals surface area (Å²) in [5.74, 6) is -4.01. The van der Waals surface area contributed by atoms with Gasteiger partial charge in [0, 0.05) is 17.0 Å². The highest BCUT2D eigenvalue weighted by molar-refractivity contribution is 7.94. The van der Waals surface area contributed by atoms with Gasteiger partial charge in [0.1, 0.15) is 10.0 Å². The lowest BCUT2D eigenvalue weighted by Crippen LogP contribution is -2.13. The van der Waals surface area contributed by atoms with E-state index < -0.39 is 33.2 Å². The first-order valence-electron chi connectivity index (χ1n) is 5.62. The van der Waals surface area contributed by atoms with E-state index in [4.69, 9.17) is 5.11 Å². The van der Waals surface area contributed by atoms with Crippen LogP contribution in [0.2, 0.25) is 0 Å². The van der Waals surface area contributed by atoms with Gasteiger partial charge in [0.15, 0.2) is 11.6 Å². The minimum atomic E-state index is -4.15. The Morgan fingerprint density at radius 2 is 1.76 bits per heavy atom. The molecule has 0 spiro atoms. The number of rotatable bonds is 4. The predicted octanol–water partition coefficient (Wildman–Crippen LogP) is 2.77. The highest BCUT2D eigenvalue weighted by Crippen LogP contribution is 2.28. The van der Waals surface area contributed by atoms with Crippen molar-refractivity contribution in [3.05, 3.63) is 46.1 Å². The van der Waals surface area contributed by atoms with Gasteiger partial charge in [-0.15, -0.1) is 11.3 Å². The molecule has 0 bridgehead atoms. The summed E-state index contributed by atoms with van der Waals surface area (Å²) in [6, 6.07) is 1.98. The number of anilines is 1. The smallest absolute Gasteiger partial charge is 0.271 e. The molecule has 0 aliphatic carbocycles. The van der Waals surface area contributed by atoms with Crippen molar-refractivity contribution >= 4 is 27.0 Å². The summed E-state index contributed by atoms with van der Waals surface area (Å²) >= 11 is 0.808. The Balaban J connectivity index is 2.39. The van der Waals surface area contributed by atoms with Gasteiger partial charge in [-0.25, -0.2) is 21.6 Å². The first-order valence-corrected chi connectivity index (χ1v) is 7.92. The minimum absolute atomic E-state index is 0.159. The second-order valence-electron chi connectivity index (χ2n) is 4.18. The molecule has 0 aliphatic rings. The molecule has 1 aromatic carbocycles. The maximum absolute atomic E-state index is 13.5. The molecule has 0 saturated heterocycles. The van der Waals surface area contributed by atoms with Gasteiger partial charge in [-0.1, -0.05) is 0 Å². The van der Waals surface area contributed by atoms with Crippen molar-refractivity contribution in [3.63, 3.8) is 0 Å². The average molecular weight is 337 g/mol. The Kier molecular flexibility index (Phi) is 4.26. The standard InChI is InChI=1S/C12H10F3NO3S2/c1-6-2-12(20-11(6)5-17)21(18,19)16-10-4-8(14)7(13)3-9(10)15/h2-4,16-17H,5H2,1H3. The summed E-state index contributed by atoms with van der Waals surface area (Å²) in [6.07, 6.45) is 0. The van der Waals surface area contributed by atoms with E-state index in [0.717, 1.165) is 11.3 Å². The second-order valence-corrected chi connectivity index (χ2v) is 7.23. The first-order chi connectivity index (χ1) is 9.74. The van der Waals surface area contributed by atoms with Crippen LogP contribution in [-0.4, -0.2) is 13.5 Å². The van der Waals surface area contributed by atoms with Crippen LogP contribution >= 0.6 is 11.3 Å². The van der Waals surface area contributed by atoms with Crippen LogP contribution in [0.5, 0.6) is 0 Å². The third-order valence-electron chi connectivity index (χ3n) is 2.66. The lowest BCUT2D eigenvalue weighted by molar-refractivity contribution is 0.285. The van der Waals surface area contributed by atoms with Crippen LogP contribution in [0.15, 0.2) is 22.4 Å². The largest absolute Gasteiger partial charge is 0.391 e. The number of thiophene rings is 1. The highest BCUT2D eigenvalue weighted by Gasteiger charge is 2.21. The molecule has 0 atom stereocenters. The molecule has 1 aromatic heterocycles. The molecule has 0 fully saturated rings. The minimum Gasteiger partial charge on any atom is -0.391 e. The van der Waals surface area contributed by atoms with Crippen molar-refractivity contribution < 1.29 is 26.7 Å². The number of aryl methyl sites for hydroxylation is 1. The fourth-order valence-electron chi connectivity index (χ4n) is 1.57. The summed E-state index contributed by atoms with van der Waals surface area (Å²) in [5, 5.41) is 9.04. The second kappa shape index (κ2) is 5.66. The van der Waals surface area contributed by atoms with Crippen molar-refractivity contribution in [2.24, 2.45) is 0 Å². The predicted molar refractivity (Wildman–Crippen MR) is 72.1 cm³/mol. The van der Waals surface area contributed by atoms with E-state index in [2.05, 4.69) is 0 Å². The van der Waals surface area contributed by atoms with E-state index in [1.165, 1.54) is 6.07 Å². The molecule has 114 valence electrons. The van der Waals surface area contributed by atoms with E-state index in [9.17, 15) is 21.6 Å². The van der Waals surface area contributed by atoms with Crippen molar-refractivity contribution in [1.82, 2.24) is 0 Å². The summed E-state index contributed by atoms with van der Waals surface area (Å²) in [6.45, 7) is 1.28. The van der Waals surface area contributed by atoms with Crippen LogP contribution in [0.25, 0.3) is 0 Å². The molecule has 0 amide bonds. The number of nitrogens with one attached hydrogen (secondary N) is 1. The zero-order valence-electron chi connectivity index (χ0n) is 10.7. The maximum Gasteiger partial charge on any atom is 0.271 e. The molecule has 4 nitrogen and oxygen atoms in total. The Morgan fingerprint density at radius 1 is 1.14 bits per heavy atom. The number of halogens is 3. The molecule has 0 unspecified atom stereocenters. The Morgan fingerprint density at radius 3 is 2.33 bits per heavy atom. The third kappa shape index (κ3) is 3.20. The van der Waals surface area contributed by atoms with Gasteiger partial charge in [-0.2, -0.15) is 0 Å². The Labute approximate surface area is 122 Å². The van der Waals surface area contributed by atoms with Gasteiger partial charge in [-0.05, 0) is 18.6 Å². The van der Waals surface area contributed by atoms with Crippen LogP contribution in [-0.2, 0) is 16.6 Å². The zero-order valence-corrected chi connectivity index (χ0v) is 12.3. The Hall–Kier alpha value is -1.58. The van der Waals surface area contributed by atoms with Crippen LogP contribution in [0.3, 0.4) is 0 Å². The molecule has 1 heterocycles. The van der Waals surface area contributed by atoms with E-state index in [-0.39, 0.29) is 16.9 Å². The van der Waals surface area contributed by atoms with Crippen molar-refractivity contribution in [2.75, 3.05) is 4.72 Å². The molecular weight excluding hydrogens is 327 g/mol. The summed E-state index contributed by atoms with van der Waals surface area (Å²) in [4.78, 5) is 0.445. The van der Waals surface area contributed by atoms with Gasteiger partial charge in [-0.3, -0.25) is 4.72 Å². The van der Waals surface area contributed by atoms with Crippen LogP contribution in [0.4, 0.5) is 18.9 Å². The SMILES string of the molecule is Cc1cc(S(=O)(=O)Nc2cc(F)c(F)cc2F)sc1CO. The zero-order chi connectivity index (χ0) is 15.8. The third-order valence-corrected chi connectivity index (χ3v) is 5.72. The molecule has 2 rings (SSSR count).